The second-order valence-corrected chi connectivity index (χ2v) is 4.14. The minimum atomic E-state index is -0.563. The number of hydrogen-bond acceptors (Lipinski definition) is 6. The molecule has 0 aliphatic carbocycles. The quantitative estimate of drug-likeness (QED) is 0.768. The van der Waals surface area contributed by atoms with Gasteiger partial charge < -0.3 is 19.4 Å². The number of nitrogens with zero attached hydrogens (tertiary/aromatic N) is 2. The lowest BCUT2D eigenvalue weighted by Gasteiger charge is -2.06. The molecule has 2 aromatic heterocycles. The third kappa shape index (κ3) is 2.76. The Labute approximate surface area is 119 Å². The standard InChI is InChI=1S/C14H11N3O4/c15-13(18)9-4-1-2-5-10(9)20-8-12-16-14(17-21-12)11-6-3-7-19-11/h1-7H,8H2,(H2,15,18). The Kier molecular flexibility index (Phi) is 3.38. The number of amides is 1. The van der Waals surface area contributed by atoms with Crippen molar-refractivity contribution < 1.29 is 18.5 Å². The van der Waals surface area contributed by atoms with Gasteiger partial charge in [-0.2, -0.15) is 4.98 Å². The summed E-state index contributed by atoms with van der Waals surface area (Å²) in [6.45, 7) is 0.0258. The molecule has 3 aromatic rings. The van der Waals surface area contributed by atoms with Gasteiger partial charge in [0.2, 0.25) is 5.82 Å². The number of aromatic nitrogens is 2. The molecule has 0 fully saturated rings. The van der Waals surface area contributed by atoms with Crippen LogP contribution in [0.15, 0.2) is 51.6 Å². The molecule has 21 heavy (non-hydrogen) atoms. The molecule has 1 aromatic carbocycles. The van der Waals surface area contributed by atoms with Crippen molar-refractivity contribution in [3.05, 3.63) is 54.1 Å². The normalized spacial score (nSPS) is 10.5. The van der Waals surface area contributed by atoms with Crippen molar-refractivity contribution in [2.75, 3.05) is 0 Å². The van der Waals surface area contributed by atoms with Crippen LogP contribution in [0.1, 0.15) is 16.2 Å². The van der Waals surface area contributed by atoms with Gasteiger partial charge in [0.05, 0.1) is 11.8 Å². The highest BCUT2D eigenvalue weighted by Gasteiger charge is 2.13. The number of furan rings is 1. The van der Waals surface area contributed by atoms with Crippen LogP contribution in [0.2, 0.25) is 0 Å². The third-order valence-electron chi connectivity index (χ3n) is 2.71. The first-order chi connectivity index (χ1) is 10.2. The average Bonchev–Trinajstić information content (AvgIpc) is 3.16. The number of primary amides is 1. The highest BCUT2D eigenvalue weighted by Crippen LogP contribution is 2.20. The number of ether oxygens (including phenoxy) is 1. The summed E-state index contributed by atoms with van der Waals surface area (Å²) in [5.74, 6) is 0.903. The van der Waals surface area contributed by atoms with Crippen LogP contribution in [0.3, 0.4) is 0 Å². The summed E-state index contributed by atoms with van der Waals surface area (Å²) in [5.41, 5.74) is 5.56. The van der Waals surface area contributed by atoms with E-state index in [0.717, 1.165) is 0 Å². The fraction of sp³-hybridized carbons (Fsp3) is 0.0714. The van der Waals surface area contributed by atoms with Crippen LogP contribution in [0, 0.1) is 0 Å². The average molecular weight is 285 g/mol. The van der Waals surface area contributed by atoms with E-state index < -0.39 is 5.91 Å². The number of hydrogen-bond donors (Lipinski definition) is 1. The lowest BCUT2D eigenvalue weighted by molar-refractivity contribution is 0.0995. The van der Waals surface area contributed by atoms with E-state index >= 15 is 0 Å². The van der Waals surface area contributed by atoms with Gasteiger partial charge in [0, 0.05) is 0 Å². The molecule has 2 N–H and O–H groups in total. The SMILES string of the molecule is NC(=O)c1ccccc1OCc1nc(-c2ccco2)no1. The van der Waals surface area contributed by atoms with Crippen molar-refractivity contribution in [1.29, 1.82) is 0 Å². The van der Waals surface area contributed by atoms with Gasteiger partial charge in [0.1, 0.15) is 5.75 Å². The third-order valence-corrected chi connectivity index (χ3v) is 2.71. The Morgan fingerprint density at radius 3 is 2.86 bits per heavy atom. The maximum atomic E-state index is 11.3. The molecule has 0 atom stereocenters. The summed E-state index contributed by atoms with van der Waals surface area (Å²) in [6.07, 6.45) is 1.52. The molecule has 0 spiro atoms. The van der Waals surface area contributed by atoms with Crippen LogP contribution in [-0.2, 0) is 6.61 Å². The first-order valence-electron chi connectivity index (χ1n) is 6.12. The molecule has 0 unspecified atom stereocenters. The van der Waals surface area contributed by atoms with E-state index in [1.807, 2.05) is 0 Å². The number of rotatable bonds is 5. The van der Waals surface area contributed by atoms with E-state index in [0.29, 0.717) is 22.9 Å². The van der Waals surface area contributed by atoms with Crippen LogP contribution in [0.5, 0.6) is 5.75 Å². The summed E-state index contributed by atoms with van der Waals surface area (Å²) in [5, 5.41) is 3.78. The maximum Gasteiger partial charge on any atom is 0.264 e. The molecule has 0 aliphatic heterocycles. The van der Waals surface area contributed by atoms with Gasteiger partial charge in [-0.3, -0.25) is 4.79 Å². The molecule has 1 amide bonds. The van der Waals surface area contributed by atoms with Crippen LogP contribution < -0.4 is 10.5 Å². The lowest BCUT2D eigenvalue weighted by atomic mass is 10.2. The molecule has 7 nitrogen and oxygen atoms in total. The molecule has 0 saturated heterocycles. The Balaban J connectivity index is 1.73. The summed E-state index contributed by atoms with van der Waals surface area (Å²) < 4.78 is 15.7. The molecule has 0 bridgehead atoms. The van der Waals surface area contributed by atoms with Gasteiger partial charge in [-0.25, -0.2) is 0 Å². The fourth-order valence-corrected chi connectivity index (χ4v) is 1.75. The number of nitrogens with two attached hydrogens (primary N) is 1. The smallest absolute Gasteiger partial charge is 0.264 e. The van der Waals surface area contributed by atoms with Crippen LogP contribution in [0.25, 0.3) is 11.6 Å². The van der Waals surface area contributed by atoms with Crippen molar-refractivity contribution in [2.45, 2.75) is 6.61 Å². The van der Waals surface area contributed by atoms with Gasteiger partial charge in [0.25, 0.3) is 11.8 Å². The topological polar surface area (TPSA) is 104 Å². The van der Waals surface area contributed by atoms with Crippen molar-refractivity contribution >= 4 is 5.91 Å². The fourth-order valence-electron chi connectivity index (χ4n) is 1.75. The molecule has 106 valence electrons. The van der Waals surface area contributed by atoms with Crippen molar-refractivity contribution in [3.63, 3.8) is 0 Å². The Morgan fingerprint density at radius 2 is 2.10 bits per heavy atom. The Bertz CT molecular complexity index is 749. The first-order valence-corrected chi connectivity index (χ1v) is 6.12. The van der Waals surface area contributed by atoms with Crippen molar-refractivity contribution in [1.82, 2.24) is 10.1 Å². The van der Waals surface area contributed by atoms with E-state index in [1.165, 1.54) is 6.26 Å². The number of carbonyl (C=O) groups is 1. The largest absolute Gasteiger partial charge is 0.483 e. The van der Waals surface area contributed by atoms with Crippen LogP contribution >= 0.6 is 0 Å². The van der Waals surface area contributed by atoms with Crippen LogP contribution in [0.4, 0.5) is 0 Å². The molecule has 0 saturated carbocycles. The van der Waals surface area contributed by atoms with Crippen molar-refractivity contribution in [3.8, 4) is 17.3 Å². The highest BCUT2D eigenvalue weighted by molar-refractivity contribution is 5.95. The van der Waals surface area contributed by atoms with Crippen LogP contribution in [-0.4, -0.2) is 16.0 Å². The van der Waals surface area contributed by atoms with Gasteiger partial charge in [-0.05, 0) is 24.3 Å². The molecule has 3 rings (SSSR count). The van der Waals surface area contributed by atoms with Gasteiger partial charge in [0.15, 0.2) is 12.4 Å². The second-order valence-electron chi connectivity index (χ2n) is 4.14. The number of benzene rings is 1. The molecule has 0 aliphatic rings. The van der Waals surface area contributed by atoms with Gasteiger partial charge in [-0.15, -0.1) is 0 Å². The minimum Gasteiger partial charge on any atom is -0.483 e. The molecular weight excluding hydrogens is 274 g/mol. The zero-order valence-electron chi connectivity index (χ0n) is 10.9. The zero-order valence-corrected chi connectivity index (χ0v) is 10.9. The molecular formula is C14H11N3O4. The summed E-state index contributed by atoms with van der Waals surface area (Å²) >= 11 is 0. The van der Waals surface area contributed by atoms with Crippen molar-refractivity contribution in [2.24, 2.45) is 5.73 Å². The molecule has 2 heterocycles. The first kappa shape index (κ1) is 12.9. The van der Waals surface area contributed by atoms with E-state index in [4.69, 9.17) is 19.4 Å². The minimum absolute atomic E-state index is 0.0258. The predicted octanol–water partition coefficient (Wildman–Crippen LogP) is 2.01. The van der Waals surface area contributed by atoms with Gasteiger partial charge in [-0.1, -0.05) is 17.3 Å². The molecule has 0 radical (unpaired) electrons. The molecule has 7 heteroatoms. The Morgan fingerprint density at radius 1 is 1.24 bits per heavy atom. The van der Waals surface area contributed by atoms with E-state index in [1.54, 1.807) is 36.4 Å². The maximum absolute atomic E-state index is 11.3. The Hall–Kier alpha value is -3.09. The lowest BCUT2D eigenvalue weighted by Crippen LogP contribution is -2.12. The monoisotopic (exact) mass is 285 g/mol. The number of para-hydroxylation sites is 1. The second kappa shape index (κ2) is 5.49. The summed E-state index contributed by atoms with van der Waals surface area (Å²) in [4.78, 5) is 15.4. The number of carbonyl (C=O) groups excluding carboxylic acids is 1. The predicted molar refractivity (Wildman–Crippen MR) is 71.3 cm³/mol. The van der Waals surface area contributed by atoms with Gasteiger partial charge >= 0.3 is 0 Å². The van der Waals surface area contributed by atoms with E-state index in [-0.39, 0.29) is 12.5 Å². The van der Waals surface area contributed by atoms with E-state index in [9.17, 15) is 4.79 Å². The highest BCUT2D eigenvalue weighted by atomic mass is 16.5. The summed E-state index contributed by atoms with van der Waals surface area (Å²) in [6, 6.07) is 10.1. The van der Waals surface area contributed by atoms with E-state index in [2.05, 4.69) is 10.1 Å². The zero-order chi connectivity index (χ0) is 14.7. The summed E-state index contributed by atoms with van der Waals surface area (Å²) in [7, 11) is 0.